The average molecular weight is 175 g/mol. The average Bonchev–Trinajstić information content (AvgIpc) is 1.82. The maximum atomic E-state index is 10.3. The number of carbonyl (C=O) groups is 1. The number of carboxylic acid groups (broad SMARTS) is 1. The normalized spacial score (nSPS) is 20.3. The summed E-state index contributed by atoms with van der Waals surface area (Å²) in [5.74, 6) is 0. The van der Waals surface area contributed by atoms with Crippen LogP contribution in [0.5, 0.6) is 0 Å². The maximum absolute atomic E-state index is 10.3. The van der Waals surface area contributed by atoms with Gasteiger partial charge in [0.1, 0.15) is 0 Å². The highest BCUT2D eigenvalue weighted by molar-refractivity contribution is 5.66. The summed E-state index contributed by atoms with van der Waals surface area (Å²) in [6, 6.07) is 0. The fraction of sp³-hybridized carbons (Fsp3) is 0.857. The molecule has 1 aliphatic rings. The Labute approximate surface area is 70.5 Å². The van der Waals surface area contributed by atoms with Gasteiger partial charge in [0, 0.05) is 0 Å². The molecule has 1 saturated heterocycles. The highest BCUT2D eigenvalue weighted by atomic mass is 16.5. The summed E-state index contributed by atoms with van der Waals surface area (Å²) in [5, 5.41) is 17.3. The van der Waals surface area contributed by atoms with Gasteiger partial charge >= 0.3 is 6.09 Å². The molecule has 1 aliphatic heterocycles. The second-order valence-corrected chi connectivity index (χ2v) is 2.99. The molecule has 0 saturated carbocycles. The number of ether oxygens (including phenoxy) is 1. The number of nitrogens with zero attached hydrogens (tertiary/aromatic N) is 1. The first-order valence-electron chi connectivity index (χ1n) is 3.87. The van der Waals surface area contributed by atoms with Gasteiger partial charge in [0.15, 0.2) is 0 Å². The van der Waals surface area contributed by atoms with Crippen LogP contribution in [0.4, 0.5) is 4.79 Å². The van der Waals surface area contributed by atoms with Crippen molar-refractivity contribution in [3.05, 3.63) is 0 Å². The molecule has 0 aromatic rings. The first kappa shape index (κ1) is 9.28. The van der Waals surface area contributed by atoms with Crippen molar-refractivity contribution in [2.45, 2.75) is 19.1 Å². The molecule has 0 aliphatic carbocycles. The largest absolute Gasteiger partial charge is 0.465 e. The molecule has 0 radical (unpaired) electrons. The van der Waals surface area contributed by atoms with Crippen LogP contribution < -0.4 is 0 Å². The lowest BCUT2D eigenvalue weighted by Gasteiger charge is -2.36. The number of hydrogen-bond acceptors (Lipinski definition) is 3. The number of aliphatic hydroxyl groups excluding tert-OH is 1. The van der Waals surface area contributed by atoms with Crippen molar-refractivity contribution in [2.75, 3.05) is 19.7 Å². The van der Waals surface area contributed by atoms with Crippen LogP contribution in [0.2, 0.25) is 0 Å². The molecule has 2 N–H and O–H groups in total. The summed E-state index contributed by atoms with van der Waals surface area (Å²) in [4.78, 5) is 11.6. The molecule has 1 amide bonds. The highest BCUT2D eigenvalue weighted by Crippen LogP contribution is 2.11. The number of rotatable bonds is 3. The zero-order valence-corrected chi connectivity index (χ0v) is 6.93. The molecular formula is C7H13NO4. The molecule has 12 heavy (non-hydrogen) atoms. The fourth-order valence-electron chi connectivity index (χ4n) is 0.975. The maximum Gasteiger partial charge on any atom is 0.407 e. The third-order valence-electron chi connectivity index (χ3n) is 1.69. The predicted molar refractivity (Wildman–Crippen MR) is 41.0 cm³/mol. The van der Waals surface area contributed by atoms with Crippen LogP contribution in [-0.4, -0.2) is 53.1 Å². The second-order valence-electron chi connectivity index (χ2n) is 2.99. The summed E-state index contributed by atoms with van der Waals surface area (Å²) in [5.41, 5.74) is 0. The Balaban J connectivity index is 2.06. The summed E-state index contributed by atoms with van der Waals surface area (Å²) >= 11 is 0. The van der Waals surface area contributed by atoms with E-state index in [4.69, 9.17) is 14.9 Å². The predicted octanol–water partition coefficient (Wildman–Crippen LogP) is -0.254. The summed E-state index contributed by atoms with van der Waals surface area (Å²) in [6.07, 6.45) is -1.42. The summed E-state index contributed by atoms with van der Waals surface area (Å²) < 4.78 is 5.16. The van der Waals surface area contributed by atoms with E-state index in [-0.39, 0.29) is 12.7 Å². The van der Waals surface area contributed by atoms with E-state index in [0.717, 1.165) is 0 Å². The second kappa shape index (κ2) is 3.73. The van der Waals surface area contributed by atoms with Crippen molar-refractivity contribution < 1.29 is 19.7 Å². The standard InChI is InChI=1S/C7H13NO4/c1-5(9)4-12-6-2-8(3-6)7(10)11/h5-6,9H,2-4H2,1H3,(H,10,11). The third kappa shape index (κ3) is 2.35. The van der Waals surface area contributed by atoms with Crippen molar-refractivity contribution >= 4 is 6.09 Å². The molecule has 0 bridgehead atoms. The Morgan fingerprint density at radius 3 is 2.75 bits per heavy atom. The van der Waals surface area contributed by atoms with E-state index in [1.54, 1.807) is 6.92 Å². The highest BCUT2D eigenvalue weighted by Gasteiger charge is 2.31. The van der Waals surface area contributed by atoms with E-state index < -0.39 is 12.2 Å². The van der Waals surface area contributed by atoms with Crippen LogP contribution in [0.1, 0.15) is 6.92 Å². The number of hydrogen-bond donors (Lipinski definition) is 2. The molecule has 5 heteroatoms. The molecule has 1 unspecified atom stereocenters. The smallest absolute Gasteiger partial charge is 0.407 e. The minimum Gasteiger partial charge on any atom is -0.465 e. The fourth-order valence-corrected chi connectivity index (χ4v) is 0.975. The molecular weight excluding hydrogens is 162 g/mol. The van der Waals surface area contributed by atoms with Crippen LogP contribution in [0.3, 0.4) is 0 Å². The van der Waals surface area contributed by atoms with Gasteiger partial charge in [-0.3, -0.25) is 0 Å². The lowest BCUT2D eigenvalue weighted by molar-refractivity contribution is -0.0683. The van der Waals surface area contributed by atoms with E-state index in [1.807, 2.05) is 0 Å². The van der Waals surface area contributed by atoms with E-state index in [0.29, 0.717) is 13.1 Å². The van der Waals surface area contributed by atoms with E-state index in [1.165, 1.54) is 4.90 Å². The Kier molecular flexibility index (Phi) is 2.88. The van der Waals surface area contributed by atoms with Crippen LogP contribution in [0, 0.1) is 0 Å². The zero-order chi connectivity index (χ0) is 9.14. The topological polar surface area (TPSA) is 70.0 Å². The molecule has 70 valence electrons. The summed E-state index contributed by atoms with van der Waals surface area (Å²) in [7, 11) is 0. The molecule has 0 spiro atoms. The van der Waals surface area contributed by atoms with Crippen molar-refractivity contribution in [1.82, 2.24) is 4.90 Å². The van der Waals surface area contributed by atoms with Gasteiger partial charge in [-0.2, -0.15) is 0 Å². The van der Waals surface area contributed by atoms with Gasteiger partial charge in [-0.1, -0.05) is 0 Å². The van der Waals surface area contributed by atoms with E-state index >= 15 is 0 Å². The van der Waals surface area contributed by atoms with Crippen molar-refractivity contribution in [2.24, 2.45) is 0 Å². The van der Waals surface area contributed by atoms with Gasteiger partial charge < -0.3 is 19.8 Å². The van der Waals surface area contributed by atoms with Crippen LogP contribution in [-0.2, 0) is 4.74 Å². The van der Waals surface area contributed by atoms with Gasteiger partial charge in [-0.25, -0.2) is 4.79 Å². The minimum atomic E-state index is -0.910. The van der Waals surface area contributed by atoms with Gasteiger partial charge in [0.25, 0.3) is 0 Å². The Morgan fingerprint density at radius 2 is 2.33 bits per heavy atom. The quantitative estimate of drug-likeness (QED) is 0.620. The monoisotopic (exact) mass is 175 g/mol. The lowest BCUT2D eigenvalue weighted by Crippen LogP contribution is -2.54. The number of aliphatic hydroxyl groups is 1. The first-order valence-corrected chi connectivity index (χ1v) is 3.87. The zero-order valence-electron chi connectivity index (χ0n) is 6.93. The van der Waals surface area contributed by atoms with Crippen molar-refractivity contribution in [3.63, 3.8) is 0 Å². The van der Waals surface area contributed by atoms with Crippen LogP contribution in [0.25, 0.3) is 0 Å². The van der Waals surface area contributed by atoms with Crippen LogP contribution >= 0.6 is 0 Å². The molecule has 1 heterocycles. The Hall–Kier alpha value is -0.810. The van der Waals surface area contributed by atoms with Crippen molar-refractivity contribution in [1.29, 1.82) is 0 Å². The molecule has 0 aromatic heterocycles. The van der Waals surface area contributed by atoms with E-state index in [2.05, 4.69) is 0 Å². The third-order valence-corrected chi connectivity index (χ3v) is 1.69. The number of likely N-dealkylation sites (tertiary alicyclic amines) is 1. The van der Waals surface area contributed by atoms with Gasteiger partial charge in [0.2, 0.25) is 0 Å². The molecule has 5 nitrogen and oxygen atoms in total. The van der Waals surface area contributed by atoms with E-state index in [9.17, 15) is 4.79 Å². The molecule has 0 aromatic carbocycles. The lowest BCUT2D eigenvalue weighted by atomic mass is 10.2. The molecule has 1 fully saturated rings. The van der Waals surface area contributed by atoms with Gasteiger partial charge in [-0.15, -0.1) is 0 Å². The Bertz CT molecular complexity index is 165. The number of amides is 1. The van der Waals surface area contributed by atoms with Crippen LogP contribution in [0.15, 0.2) is 0 Å². The minimum absolute atomic E-state index is 0.0318. The molecule has 1 rings (SSSR count). The van der Waals surface area contributed by atoms with Crippen molar-refractivity contribution in [3.8, 4) is 0 Å². The SMILES string of the molecule is CC(O)COC1CN(C(=O)O)C1. The molecule has 1 atom stereocenters. The Morgan fingerprint density at radius 1 is 1.75 bits per heavy atom. The van der Waals surface area contributed by atoms with Gasteiger partial charge in [0.05, 0.1) is 31.9 Å². The summed E-state index contributed by atoms with van der Waals surface area (Å²) in [6.45, 7) is 2.75. The first-order chi connectivity index (χ1) is 5.59. The van der Waals surface area contributed by atoms with Gasteiger partial charge in [-0.05, 0) is 6.92 Å².